The maximum Gasteiger partial charge on any atom is 0.00120 e. The quantitative estimate of drug-likeness (QED) is 0.756. The van der Waals surface area contributed by atoms with Crippen LogP contribution in [0.15, 0.2) is 0 Å². The van der Waals surface area contributed by atoms with E-state index < -0.39 is 0 Å². The smallest absolute Gasteiger partial charge is 0.00120 e. The molecule has 1 unspecified atom stereocenters. The van der Waals surface area contributed by atoms with E-state index in [9.17, 15) is 0 Å². The molecule has 2 heteroatoms. The van der Waals surface area contributed by atoms with Gasteiger partial charge in [0.2, 0.25) is 0 Å². The average molecular weight is 212 g/mol. The van der Waals surface area contributed by atoms with Crippen molar-refractivity contribution < 1.29 is 0 Å². The molecule has 1 fully saturated rings. The van der Waals surface area contributed by atoms with Crippen LogP contribution in [0.5, 0.6) is 0 Å². The Bertz CT molecular complexity index is 164. The van der Waals surface area contributed by atoms with Crippen molar-refractivity contribution in [2.24, 2.45) is 11.3 Å². The second-order valence-electron chi connectivity index (χ2n) is 6.02. The van der Waals surface area contributed by atoms with E-state index >= 15 is 0 Å². The maximum absolute atomic E-state index is 3.46. The Morgan fingerprint density at radius 2 is 1.67 bits per heavy atom. The van der Waals surface area contributed by atoms with Crippen molar-refractivity contribution >= 4 is 0 Å². The molecule has 0 aliphatic carbocycles. The van der Waals surface area contributed by atoms with Gasteiger partial charge in [0.25, 0.3) is 0 Å². The molecule has 0 bridgehead atoms. The predicted molar refractivity (Wildman–Crippen MR) is 67.2 cm³/mol. The monoisotopic (exact) mass is 212 g/mol. The first-order chi connectivity index (χ1) is 7.00. The van der Waals surface area contributed by atoms with Gasteiger partial charge in [-0.3, -0.25) is 0 Å². The highest BCUT2D eigenvalue weighted by Crippen LogP contribution is 2.26. The number of nitrogens with one attached hydrogen (secondary N) is 1. The van der Waals surface area contributed by atoms with Crippen molar-refractivity contribution in [1.29, 1.82) is 0 Å². The van der Waals surface area contributed by atoms with Crippen LogP contribution in [0.3, 0.4) is 0 Å². The molecule has 0 aromatic carbocycles. The standard InChI is InChI=1S/C13H28N2/c1-12(13(2,3)4)11-15-9-5-7-14-8-6-10-15/h12,14H,5-11H2,1-4H3. The van der Waals surface area contributed by atoms with Gasteiger partial charge >= 0.3 is 0 Å². The van der Waals surface area contributed by atoms with Gasteiger partial charge in [-0.05, 0) is 50.4 Å². The van der Waals surface area contributed by atoms with Crippen molar-refractivity contribution in [3.05, 3.63) is 0 Å². The van der Waals surface area contributed by atoms with E-state index in [2.05, 4.69) is 37.9 Å². The molecule has 1 atom stereocenters. The molecular weight excluding hydrogens is 184 g/mol. The van der Waals surface area contributed by atoms with E-state index in [-0.39, 0.29) is 0 Å². The van der Waals surface area contributed by atoms with Crippen molar-refractivity contribution in [2.75, 3.05) is 32.7 Å². The third-order valence-corrected chi connectivity index (χ3v) is 3.67. The second-order valence-corrected chi connectivity index (χ2v) is 6.02. The normalized spacial score (nSPS) is 23.2. The summed E-state index contributed by atoms with van der Waals surface area (Å²) in [6.45, 7) is 15.6. The van der Waals surface area contributed by atoms with E-state index in [0.717, 1.165) is 5.92 Å². The minimum atomic E-state index is 0.445. The first-order valence-electron chi connectivity index (χ1n) is 6.43. The van der Waals surface area contributed by atoms with Crippen molar-refractivity contribution in [1.82, 2.24) is 10.2 Å². The molecule has 90 valence electrons. The molecule has 0 radical (unpaired) electrons. The summed E-state index contributed by atoms with van der Waals surface area (Å²) >= 11 is 0. The van der Waals surface area contributed by atoms with Crippen molar-refractivity contribution in [2.45, 2.75) is 40.5 Å². The van der Waals surface area contributed by atoms with Gasteiger partial charge in [0.05, 0.1) is 0 Å². The van der Waals surface area contributed by atoms with Gasteiger partial charge in [0.1, 0.15) is 0 Å². The summed E-state index contributed by atoms with van der Waals surface area (Å²) in [6, 6.07) is 0. The molecule has 2 nitrogen and oxygen atoms in total. The Kier molecular flexibility index (Phi) is 5.07. The molecular formula is C13H28N2. The molecule has 1 rings (SSSR count). The van der Waals surface area contributed by atoms with Gasteiger partial charge in [-0.2, -0.15) is 0 Å². The Hall–Kier alpha value is -0.0800. The lowest BCUT2D eigenvalue weighted by atomic mass is 9.82. The largest absolute Gasteiger partial charge is 0.317 e. The third kappa shape index (κ3) is 4.98. The van der Waals surface area contributed by atoms with Gasteiger partial charge < -0.3 is 10.2 Å². The Morgan fingerprint density at radius 1 is 1.13 bits per heavy atom. The van der Waals surface area contributed by atoms with Crippen LogP contribution >= 0.6 is 0 Å². The third-order valence-electron chi connectivity index (χ3n) is 3.67. The molecule has 0 saturated carbocycles. The number of nitrogens with zero attached hydrogens (tertiary/aromatic N) is 1. The number of hydrogen-bond donors (Lipinski definition) is 1. The summed E-state index contributed by atoms with van der Waals surface area (Å²) < 4.78 is 0. The Balaban J connectivity index is 2.34. The van der Waals surface area contributed by atoms with E-state index in [1.54, 1.807) is 0 Å². The fourth-order valence-electron chi connectivity index (χ4n) is 1.94. The molecule has 0 spiro atoms. The second kappa shape index (κ2) is 5.86. The van der Waals surface area contributed by atoms with Gasteiger partial charge in [0, 0.05) is 6.54 Å². The van der Waals surface area contributed by atoms with E-state index in [1.165, 1.54) is 45.6 Å². The van der Waals surface area contributed by atoms with Gasteiger partial charge in [-0.1, -0.05) is 27.7 Å². The SMILES string of the molecule is CC(CN1CCCNCCC1)C(C)(C)C. The molecule has 1 N–H and O–H groups in total. The fraction of sp³-hybridized carbons (Fsp3) is 1.00. The van der Waals surface area contributed by atoms with Gasteiger partial charge in [-0.25, -0.2) is 0 Å². The summed E-state index contributed by atoms with van der Waals surface area (Å²) in [5, 5.41) is 3.46. The maximum atomic E-state index is 3.46. The minimum absolute atomic E-state index is 0.445. The van der Waals surface area contributed by atoms with E-state index in [0.29, 0.717) is 5.41 Å². The highest BCUT2D eigenvalue weighted by atomic mass is 15.1. The van der Waals surface area contributed by atoms with E-state index in [4.69, 9.17) is 0 Å². The zero-order valence-electron chi connectivity index (χ0n) is 11.0. The van der Waals surface area contributed by atoms with Crippen molar-refractivity contribution in [3.8, 4) is 0 Å². The molecule has 1 saturated heterocycles. The Labute approximate surface area is 95.4 Å². The van der Waals surface area contributed by atoms with Crippen LogP contribution in [-0.4, -0.2) is 37.6 Å². The summed E-state index contributed by atoms with van der Waals surface area (Å²) in [7, 11) is 0. The number of rotatable bonds is 2. The summed E-state index contributed by atoms with van der Waals surface area (Å²) in [4.78, 5) is 2.65. The van der Waals surface area contributed by atoms with Crippen molar-refractivity contribution in [3.63, 3.8) is 0 Å². The van der Waals surface area contributed by atoms with Crippen LogP contribution in [0.2, 0.25) is 0 Å². The lowest BCUT2D eigenvalue weighted by Crippen LogP contribution is -2.39. The topological polar surface area (TPSA) is 15.3 Å². The summed E-state index contributed by atoms with van der Waals surface area (Å²) in [6.07, 6.45) is 2.60. The van der Waals surface area contributed by atoms with Crippen LogP contribution in [-0.2, 0) is 0 Å². The molecule has 1 heterocycles. The average Bonchev–Trinajstić information content (AvgIpc) is 2.07. The number of hydrogen-bond acceptors (Lipinski definition) is 2. The van der Waals surface area contributed by atoms with Crippen LogP contribution in [0.4, 0.5) is 0 Å². The zero-order valence-corrected chi connectivity index (χ0v) is 11.0. The minimum Gasteiger partial charge on any atom is -0.317 e. The zero-order chi connectivity index (χ0) is 11.3. The molecule has 1 aliphatic heterocycles. The van der Waals surface area contributed by atoms with Crippen LogP contribution < -0.4 is 5.32 Å². The van der Waals surface area contributed by atoms with Crippen LogP contribution in [0, 0.1) is 11.3 Å². The lowest BCUT2D eigenvalue weighted by Gasteiger charge is -2.34. The molecule has 15 heavy (non-hydrogen) atoms. The summed E-state index contributed by atoms with van der Waals surface area (Å²) in [5.74, 6) is 0.782. The van der Waals surface area contributed by atoms with E-state index in [1.807, 2.05) is 0 Å². The van der Waals surface area contributed by atoms with Gasteiger partial charge in [-0.15, -0.1) is 0 Å². The molecule has 0 aromatic rings. The van der Waals surface area contributed by atoms with Crippen LogP contribution in [0.25, 0.3) is 0 Å². The Morgan fingerprint density at radius 3 is 2.13 bits per heavy atom. The summed E-state index contributed by atoms with van der Waals surface area (Å²) in [5.41, 5.74) is 0.445. The molecule has 0 amide bonds. The first kappa shape index (κ1) is 13.0. The van der Waals surface area contributed by atoms with Crippen LogP contribution in [0.1, 0.15) is 40.5 Å². The fourth-order valence-corrected chi connectivity index (χ4v) is 1.94. The highest BCUT2D eigenvalue weighted by molar-refractivity contribution is 4.75. The molecule has 1 aliphatic rings. The van der Waals surface area contributed by atoms with Gasteiger partial charge in [0.15, 0.2) is 0 Å². The predicted octanol–water partition coefficient (Wildman–Crippen LogP) is 2.35. The highest BCUT2D eigenvalue weighted by Gasteiger charge is 2.22. The molecule has 0 aromatic heterocycles. The lowest BCUT2D eigenvalue weighted by molar-refractivity contribution is 0.154. The first-order valence-corrected chi connectivity index (χ1v) is 6.43.